The van der Waals surface area contributed by atoms with Gasteiger partial charge in [-0.15, -0.1) is 0 Å². The Morgan fingerprint density at radius 3 is 2.72 bits per heavy atom. The Morgan fingerprint density at radius 2 is 1.89 bits per heavy atom. The molecule has 1 aliphatic heterocycles. The van der Waals surface area contributed by atoms with Gasteiger partial charge in [0.25, 0.3) is 0 Å². The van der Waals surface area contributed by atoms with Gasteiger partial charge in [-0.1, -0.05) is 6.07 Å². The Kier molecular flexibility index (Phi) is 1.85. The van der Waals surface area contributed by atoms with E-state index in [0.29, 0.717) is 0 Å². The van der Waals surface area contributed by atoms with Gasteiger partial charge in [-0.3, -0.25) is 0 Å². The Labute approximate surface area is 103 Å². The van der Waals surface area contributed by atoms with Gasteiger partial charge in [-0.05, 0) is 18.2 Å². The maximum atomic E-state index is 5.36. The molecule has 1 aliphatic rings. The average Bonchev–Trinajstić information content (AvgIpc) is 3.06. The summed E-state index contributed by atoms with van der Waals surface area (Å²) in [5.74, 6) is 1.53. The average molecular weight is 239 g/mol. The smallest absolute Gasteiger partial charge is 0.231 e. The van der Waals surface area contributed by atoms with Crippen molar-refractivity contribution in [2.45, 2.75) is 0 Å². The summed E-state index contributed by atoms with van der Waals surface area (Å²) in [6.45, 7) is 0.278. The van der Waals surface area contributed by atoms with Crippen molar-refractivity contribution >= 4 is 10.9 Å². The van der Waals surface area contributed by atoms with Gasteiger partial charge in [0.2, 0.25) is 6.79 Å². The van der Waals surface area contributed by atoms with Gasteiger partial charge in [0, 0.05) is 17.0 Å². The molecule has 2 aromatic heterocycles. The van der Waals surface area contributed by atoms with Crippen LogP contribution in [0.5, 0.6) is 11.5 Å². The van der Waals surface area contributed by atoms with Gasteiger partial charge in [0.05, 0.1) is 23.7 Å². The molecule has 0 unspecified atom stereocenters. The van der Waals surface area contributed by atoms with Crippen LogP contribution >= 0.6 is 0 Å². The highest BCUT2D eigenvalue weighted by atomic mass is 16.7. The molecule has 0 amide bonds. The topological polar surface area (TPSA) is 44.5 Å². The molecule has 0 fully saturated rings. The van der Waals surface area contributed by atoms with Gasteiger partial charge < -0.3 is 13.9 Å². The molecule has 4 nitrogen and oxygen atoms in total. The molecule has 3 aromatic rings. The van der Waals surface area contributed by atoms with E-state index >= 15 is 0 Å². The van der Waals surface area contributed by atoms with Gasteiger partial charge >= 0.3 is 0 Å². The lowest BCUT2D eigenvalue weighted by molar-refractivity contribution is 0.174. The molecule has 88 valence electrons. The molecular weight excluding hydrogens is 230 g/mol. The van der Waals surface area contributed by atoms with Crippen LogP contribution in [-0.4, -0.2) is 11.8 Å². The van der Waals surface area contributed by atoms with E-state index in [1.807, 2.05) is 30.3 Å². The lowest BCUT2D eigenvalue weighted by atomic mass is 10.1. The van der Waals surface area contributed by atoms with Gasteiger partial charge in [0.15, 0.2) is 11.5 Å². The summed E-state index contributed by atoms with van der Waals surface area (Å²) in [5.41, 5.74) is 2.74. The fourth-order valence-corrected chi connectivity index (χ4v) is 2.08. The molecule has 4 rings (SSSR count). The molecule has 0 atom stereocenters. The van der Waals surface area contributed by atoms with Crippen LogP contribution in [-0.2, 0) is 0 Å². The zero-order chi connectivity index (χ0) is 11.9. The van der Waals surface area contributed by atoms with Gasteiger partial charge in [-0.2, -0.15) is 0 Å². The predicted octanol–water partition coefficient (Wildman–Crippen LogP) is 3.22. The van der Waals surface area contributed by atoms with Crippen molar-refractivity contribution in [3.8, 4) is 22.8 Å². The molecular formula is C14H9NO3. The highest BCUT2D eigenvalue weighted by Crippen LogP contribution is 2.36. The normalized spacial score (nSPS) is 13.1. The molecule has 0 saturated carbocycles. The minimum atomic E-state index is 0.278. The van der Waals surface area contributed by atoms with E-state index in [9.17, 15) is 0 Å². The van der Waals surface area contributed by atoms with Crippen molar-refractivity contribution in [1.82, 2.24) is 4.98 Å². The highest BCUT2D eigenvalue weighted by molar-refractivity contribution is 5.85. The third-order valence-corrected chi connectivity index (χ3v) is 3.00. The van der Waals surface area contributed by atoms with Crippen LogP contribution in [0.1, 0.15) is 0 Å². The van der Waals surface area contributed by atoms with E-state index in [0.717, 1.165) is 33.7 Å². The second kappa shape index (κ2) is 3.50. The van der Waals surface area contributed by atoms with Crippen LogP contribution in [0.2, 0.25) is 0 Å². The summed E-state index contributed by atoms with van der Waals surface area (Å²) in [5, 5.41) is 1.03. The van der Waals surface area contributed by atoms with E-state index in [-0.39, 0.29) is 6.79 Å². The van der Waals surface area contributed by atoms with Crippen LogP contribution in [0, 0.1) is 0 Å². The third kappa shape index (κ3) is 1.35. The number of hydrogen-bond acceptors (Lipinski definition) is 4. The number of rotatable bonds is 1. The van der Waals surface area contributed by atoms with Crippen molar-refractivity contribution in [2.75, 3.05) is 6.79 Å². The van der Waals surface area contributed by atoms with Crippen LogP contribution < -0.4 is 9.47 Å². The van der Waals surface area contributed by atoms with Crippen LogP contribution in [0.25, 0.3) is 22.2 Å². The first-order valence-electron chi connectivity index (χ1n) is 5.63. The maximum Gasteiger partial charge on any atom is 0.231 e. The predicted molar refractivity (Wildman–Crippen MR) is 65.6 cm³/mol. The minimum Gasteiger partial charge on any atom is -0.472 e. The molecule has 0 bridgehead atoms. The third-order valence-electron chi connectivity index (χ3n) is 3.00. The van der Waals surface area contributed by atoms with Gasteiger partial charge in [-0.25, -0.2) is 4.98 Å². The number of aromatic nitrogens is 1. The van der Waals surface area contributed by atoms with E-state index in [2.05, 4.69) is 4.98 Å². The minimum absolute atomic E-state index is 0.278. The summed E-state index contributed by atoms with van der Waals surface area (Å²) >= 11 is 0. The van der Waals surface area contributed by atoms with E-state index in [4.69, 9.17) is 13.9 Å². The summed E-state index contributed by atoms with van der Waals surface area (Å²) in [6, 6.07) is 9.73. The molecule has 1 aromatic carbocycles. The first-order valence-corrected chi connectivity index (χ1v) is 5.63. The van der Waals surface area contributed by atoms with Crippen LogP contribution in [0.3, 0.4) is 0 Å². The van der Waals surface area contributed by atoms with Crippen molar-refractivity contribution in [1.29, 1.82) is 0 Å². The lowest BCUT2D eigenvalue weighted by Crippen LogP contribution is -1.92. The second-order valence-electron chi connectivity index (χ2n) is 4.11. The van der Waals surface area contributed by atoms with E-state index in [1.165, 1.54) is 0 Å². The Bertz CT molecular complexity index is 719. The number of nitrogens with zero attached hydrogens (tertiary/aromatic N) is 1. The molecule has 0 saturated heterocycles. The van der Waals surface area contributed by atoms with Crippen molar-refractivity contribution in [2.24, 2.45) is 0 Å². The number of furan rings is 1. The fraction of sp³-hybridized carbons (Fsp3) is 0.0714. The molecule has 0 spiro atoms. The van der Waals surface area contributed by atoms with Crippen molar-refractivity contribution in [3.63, 3.8) is 0 Å². The first kappa shape index (κ1) is 9.53. The van der Waals surface area contributed by atoms with Crippen molar-refractivity contribution in [3.05, 3.63) is 42.9 Å². The maximum absolute atomic E-state index is 5.36. The standard InChI is InChI=1S/C14H9NO3/c1-2-11(10-3-4-16-7-10)15-12-6-14-13(5-9(1)12)17-8-18-14/h1-7H,8H2. The van der Waals surface area contributed by atoms with E-state index in [1.54, 1.807) is 12.5 Å². The fourth-order valence-electron chi connectivity index (χ4n) is 2.08. The Balaban J connectivity index is 1.92. The molecule has 18 heavy (non-hydrogen) atoms. The molecule has 4 heteroatoms. The quantitative estimate of drug-likeness (QED) is 0.654. The number of hydrogen-bond donors (Lipinski definition) is 0. The number of pyridine rings is 1. The summed E-state index contributed by atoms with van der Waals surface area (Å²) in [6.07, 6.45) is 3.32. The summed E-state index contributed by atoms with van der Waals surface area (Å²) in [7, 11) is 0. The van der Waals surface area contributed by atoms with Crippen LogP contribution in [0.15, 0.2) is 47.3 Å². The summed E-state index contributed by atoms with van der Waals surface area (Å²) < 4.78 is 15.8. The monoisotopic (exact) mass is 239 g/mol. The number of benzene rings is 1. The molecule has 0 aliphatic carbocycles. The number of ether oxygens (including phenoxy) is 2. The first-order chi connectivity index (χ1) is 8.90. The largest absolute Gasteiger partial charge is 0.472 e. The molecule has 3 heterocycles. The van der Waals surface area contributed by atoms with Crippen LogP contribution in [0.4, 0.5) is 0 Å². The molecule has 0 radical (unpaired) electrons. The second-order valence-corrected chi connectivity index (χ2v) is 4.11. The number of fused-ring (bicyclic) bond motifs is 2. The SMILES string of the molecule is c1cc(-c2ccc3cc4c(cc3n2)OCO4)co1. The van der Waals surface area contributed by atoms with Crippen molar-refractivity contribution < 1.29 is 13.9 Å². The zero-order valence-corrected chi connectivity index (χ0v) is 9.42. The zero-order valence-electron chi connectivity index (χ0n) is 9.42. The Hall–Kier alpha value is -2.49. The Morgan fingerprint density at radius 1 is 1.00 bits per heavy atom. The highest BCUT2D eigenvalue weighted by Gasteiger charge is 2.15. The van der Waals surface area contributed by atoms with E-state index < -0.39 is 0 Å². The molecule has 0 N–H and O–H groups in total. The van der Waals surface area contributed by atoms with Gasteiger partial charge in [0.1, 0.15) is 0 Å². The lowest BCUT2D eigenvalue weighted by Gasteiger charge is -2.02. The summed E-state index contributed by atoms with van der Waals surface area (Å²) in [4.78, 5) is 4.60.